The minimum absolute atomic E-state index is 0.184. The zero-order chi connectivity index (χ0) is 16.8. The Kier molecular flexibility index (Phi) is 5.23. The van der Waals surface area contributed by atoms with Crippen molar-refractivity contribution in [2.45, 2.75) is 12.8 Å². The van der Waals surface area contributed by atoms with Crippen LogP contribution >= 0.6 is 11.6 Å². The summed E-state index contributed by atoms with van der Waals surface area (Å²) in [6.07, 6.45) is 1.30. The molecule has 0 fully saturated rings. The Labute approximate surface area is 144 Å². The van der Waals surface area contributed by atoms with Gasteiger partial charge in [-0.25, -0.2) is 0 Å². The van der Waals surface area contributed by atoms with Gasteiger partial charge in [-0.3, -0.25) is 4.79 Å². The Morgan fingerprint density at radius 1 is 1.08 bits per heavy atom. The average molecular weight is 342 g/mol. The number of amides is 1. The third kappa shape index (κ3) is 4.00. The van der Waals surface area contributed by atoms with Crippen LogP contribution < -0.4 is 5.32 Å². The first-order valence-corrected chi connectivity index (χ1v) is 8.02. The molecule has 0 atom stereocenters. The van der Waals surface area contributed by atoms with Crippen LogP contribution in [0.1, 0.15) is 22.7 Å². The van der Waals surface area contributed by atoms with Gasteiger partial charge in [0.25, 0.3) is 5.91 Å². The fourth-order valence-corrected chi connectivity index (χ4v) is 2.46. The van der Waals surface area contributed by atoms with Gasteiger partial charge in [-0.1, -0.05) is 59.2 Å². The number of halogens is 1. The smallest absolute Gasteiger partial charge is 0.252 e. The highest BCUT2D eigenvalue weighted by Gasteiger charge is 2.10. The average Bonchev–Trinajstić information content (AvgIpc) is 3.09. The summed E-state index contributed by atoms with van der Waals surface area (Å²) in [5.74, 6) is 0.947. The molecule has 1 N–H and O–H groups in total. The maximum absolute atomic E-state index is 12.0. The van der Waals surface area contributed by atoms with E-state index < -0.39 is 0 Å². The van der Waals surface area contributed by atoms with Gasteiger partial charge in [-0.2, -0.15) is 4.98 Å². The largest absolute Gasteiger partial charge is 0.352 e. The van der Waals surface area contributed by atoms with E-state index >= 15 is 0 Å². The van der Waals surface area contributed by atoms with Crippen molar-refractivity contribution in [1.29, 1.82) is 0 Å². The van der Waals surface area contributed by atoms with Gasteiger partial charge >= 0.3 is 0 Å². The maximum Gasteiger partial charge on any atom is 0.252 e. The standard InChI is InChI=1S/C18H16ClN3O2/c19-15-10-5-4-9-14(15)18(23)20-12-6-11-16-21-17(22-24-16)13-7-2-1-3-8-13/h1-5,7-10H,6,11-12H2,(H,20,23). The number of rotatable bonds is 6. The lowest BCUT2D eigenvalue weighted by atomic mass is 10.2. The lowest BCUT2D eigenvalue weighted by Crippen LogP contribution is -2.25. The van der Waals surface area contributed by atoms with Crippen molar-refractivity contribution in [3.8, 4) is 11.4 Å². The first kappa shape index (κ1) is 16.2. The van der Waals surface area contributed by atoms with E-state index in [0.29, 0.717) is 41.7 Å². The SMILES string of the molecule is O=C(NCCCc1nc(-c2ccccc2)no1)c1ccccc1Cl. The van der Waals surface area contributed by atoms with Gasteiger partial charge in [0.05, 0.1) is 10.6 Å². The van der Waals surface area contributed by atoms with Crippen LogP contribution in [0.4, 0.5) is 0 Å². The van der Waals surface area contributed by atoms with E-state index in [1.165, 1.54) is 0 Å². The summed E-state index contributed by atoms with van der Waals surface area (Å²) >= 11 is 5.99. The van der Waals surface area contributed by atoms with Crippen LogP contribution in [0.5, 0.6) is 0 Å². The van der Waals surface area contributed by atoms with Gasteiger partial charge in [0, 0.05) is 18.5 Å². The number of carbonyl (C=O) groups is 1. The minimum atomic E-state index is -0.184. The number of aryl methyl sites for hydroxylation is 1. The van der Waals surface area contributed by atoms with Crippen molar-refractivity contribution in [2.24, 2.45) is 0 Å². The van der Waals surface area contributed by atoms with E-state index in [4.69, 9.17) is 16.1 Å². The van der Waals surface area contributed by atoms with Crippen LogP contribution in [0.2, 0.25) is 5.02 Å². The highest BCUT2D eigenvalue weighted by molar-refractivity contribution is 6.33. The molecule has 1 aromatic heterocycles. The van der Waals surface area contributed by atoms with Crippen molar-refractivity contribution in [1.82, 2.24) is 15.5 Å². The summed E-state index contributed by atoms with van der Waals surface area (Å²) in [6.45, 7) is 0.507. The van der Waals surface area contributed by atoms with Crippen LogP contribution in [0.15, 0.2) is 59.1 Å². The van der Waals surface area contributed by atoms with Gasteiger partial charge < -0.3 is 9.84 Å². The summed E-state index contributed by atoms with van der Waals surface area (Å²) in [4.78, 5) is 16.4. The fraction of sp³-hybridized carbons (Fsp3) is 0.167. The fourth-order valence-electron chi connectivity index (χ4n) is 2.24. The van der Waals surface area contributed by atoms with Gasteiger partial charge in [0.1, 0.15) is 0 Å². The summed E-state index contributed by atoms with van der Waals surface area (Å²) in [6, 6.07) is 16.6. The van der Waals surface area contributed by atoms with Crippen LogP contribution in [0.25, 0.3) is 11.4 Å². The first-order valence-electron chi connectivity index (χ1n) is 7.65. The molecule has 122 valence electrons. The Bertz CT molecular complexity index is 818. The molecule has 0 saturated heterocycles. The molecule has 1 amide bonds. The molecule has 6 heteroatoms. The molecule has 2 aromatic carbocycles. The predicted octanol–water partition coefficient (Wildman–Crippen LogP) is 3.75. The molecule has 0 aliphatic carbocycles. The van der Waals surface area contributed by atoms with Crippen molar-refractivity contribution < 1.29 is 9.32 Å². The predicted molar refractivity (Wildman–Crippen MR) is 91.8 cm³/mol. The monoisotopic (exact) mass is 341 g/mol. The van der Waals surface area contributed by atoms with Crippen molar-refractivity contribution in [2.75, 3.05) is 6.54 Å². The molecule has 0 saturated carbocycles. The molecular weight excluding hydrogens is 326 g/mol. The number of benzene rings is 2. The Hall–Kier alpha value is -2.66. The van der Waals surface area contributed by atoms with Crippen LogP contribution in [0.3, 0.4) is 0 Å². The van der Waals surface area contributed by atoms with E-state index in [1.54, 1.807) is 24.3 Å². The normalized spacial score (nSPS) is 10.5. The first-order chi connectivity index (χ1) is 11.7. The molecule has 0 spiro atoms. The van der Waals surface area contributed by atoms with Gasteiger partial charge in [-0.15, -0.1) is 0 Å². The quantitative estimate of drug-likeness (QED) is 0.693. The van der Waals surface area contributed by atoms with Crippen molar-refractivity contribution in [3.63, 3.8) is 0 Å². The highest BCUT2D eigenvalue weighted by Crippen LogP contribution is 2.16. The Balaban J connectivity index is 1.48. The van der Waals surface area contributed by atoms with Crippen molar-refractivity contribution in [3.05, 3.63) is 71.1 Å². The summed E-state index contributed by atoms with van der Waals surface area (Å²) in [7, 11) is 0. The molecule has 24 heavy (non-hydrogen) atoms. The maximum atomic E-state index is 12.0. The Morgan fingerprint density at radius 3 is 2.62 bits per heavy atom. The molecule has 3 rings (SSSR count). The zero-order valence-corrected chi connectivity index (χ0v) is 13.7. The topological polar surface area (TPSA) is 68.0 Å². The summed E-state index contributed by atoms with van der Waals surface area (Å²) in [5, 5.41) is 7.25. The number of carbonyl (C=O) groups excluding carboxylic acids is 1. The van der Waals surface area contributed by atoms with Crippen LogP contribution in [-0.2, 0) is 6.42 Å². The molecule has 0 aliphatic rings. The molecular formula is C18H16ClN3O2. The number of nitrogens with zero attached hydrogens (tertiary/aromatic N) is 2. The zero-order valence-electron chi connectivity index (χ0n) is 12.9. The number of nitrogens with one attached hydrogen (secondary N) is 1. The minimum Gasteiger partial charge on any atom is -0.352 e. The summed E-state index contributed by atoms with van der Waals surface area (Å²) in [5.41, 5.74) is 1.39. The third-order valence-corrected chi connectivity index (χ3v) is 3.80. The molecule has 1 heterocycles. The molecule has 0 unspecified atom stereocenters. The molecule has 5 nitrogen and oxygen atoms in total. The summed E-state index contributed by atoms with van der Waals surface area (Å²) < 4.78 is 5.23. The number of aromatic nitrogens is 2. The van der Waals surface area contributed by atoms with Gasteiger partial charge in [0.2, 0.25) is 11.7 Å². The van der Waals surface area contributed by atoms with E-state index in [9.17, 15) is 4.79 Å². The van der Waals surface area contributed by atoms with Crippen LogP contribution in [0, 0.1) is 0 Å². The van der Waals surface area contributed by atoms with Crippen LogP contribution in [-0.4, -0.2) is 22.6 Å². The molecule has 0 aliphatic heterocycles. The number of hydrogen-bond acceptors (Lipinski definition) is 4. The molecule has 0 bridgehead atoms. The third-order valence-electron chi connectivity index (χ3n) is 3.47. The Morgan fingerprint density at radius 2 is 1.83 bits per heavy atom. The van der Waals surface area contributed by atoms with Crippen molar-refractivity contribution >= 4 is 17.5 Å². The number of hydrogen-bond donors (Lipinski definition) is 1. The second-order valence-electron chi connectivity index (χ2n) is 5.22. The van der Waals surface area contributed by atoms with E-state index in [1.807, 2.05) is 30.3 Å². The molecule has 0 radical (unpaired) electrons. The second kappa shape index (κ2) is 7.75. The highest BCUT2D eigenvalue weighted by atomic mass is 35.5. The lowest BCUT2D eigenvalue weighted by Gasteiger charge is -2.05. The van der Waals surface area contributed by atoms with E-state index in [2.05, 4.69) is 15.5 Å². The van der Waals surface area contributed by atoms with Gasteiger partial charge in [0.15, 0.2) is 0 Å². The van der Waals surface area contributed by atoms with E-state index in [0.717, 1.165) is 5.56 Å². The second-order valence-corrected chi connectivity index (χ2v) is 5.62. The van der Waals surface area contributed by atoms with E-state index in [-0.39, 0.29) is 5.91 Å². The lowest BCUT2D eigenvalue weighted by molar-refractivity contribution is 0.0953. The van der Waals surface area contributed by atoms with Gasteiger partial charge in [-0.05, 0) is 18.6 Å². The molecule has 3 aromatic rings.